The fourth-order valence-corrected chi connectivity index (χ4v) is 3.70. The molecule has 0 aromatic heterocycles. The molecular formula is C20H20N2O3. The van der Waals surface area contributed by atoms with E-state index in [4.69, 9.17) is 0 Å². The molecule has 1 fully saturated rings. The minimum Gasteiger partial charge on any atom is -0.338 e. The average Bonchev–Trinajstić information content (AvgIpc) is 2.82. The van der Waals surface area contributed by atoms with Gasteiger partial charge in [0.25, 0.3) is 5.91 Å². The van der Waals surface area contributed by atoms with E-state index in [1.165, 1.54) is 11.9 Å². The topological polar surface area (TPSA) is 66.5 Å². The molecule has 2 aliphatic rings. The molecule has 1 saturated heterocycles. The van der Waals surface area contributed by atoms with Gasteiger partial charge in [0.1, 0.15) is 0 Å². The lowest BCUT2D eigenvalue weighted by atomic mass is 9.72. The van der Waals surface area contributed by atoms with Crippen LogP contribution in [0.2, 0.25) is 0 Å². The summed E-state index contributed by atoms with van der Waals surface area (Å²) in [6.45, 7) is 3.80. The first-order valence-electron chi connectivity index (χ1n) is 8.27. The quantitative estimate of drug-likeness (QED) is 0.478. The maximum atomic E-state index is 12.5. The number of allylic oxidation sites excluding steroid dienone is 1. The molecule has 1 heterocycles. The molecule has 4 atom stereocenters. The molecule has 5 nitrogen and oxygen atoms in total. The molecule has 0 saturated carbocycles. The van der Waals surface area contributed by atoms with Gasteiger partial charge in [0.05, 0.1) is 17.9 Å². The van der Waals surface area contributed by atoms with Gasteiger partial charge in [-0.2, -0.15) is 0 Å². The maximum absolute atomic E-state index is 12.5. The fraction of sp³-hybridized carbons (Fsp3) is 0.350. The Kier molecular flexibility index (Phi) is 4.45. The number of carbonyl (C=O) groups excluding carboxylic acids is 3. The zero-order valence-corrected chi connectivity index (χ0v) is 14.4. The Morgan fingerprint density at radius 3 is 2.44 bits per heavy atom. The summed E-state index contributed by atoms with van der Waals surface area (Å²) in [5, 5.41) is 2.82. The van der Waals surface area contributed by atoms with Crippen molar-refractivity contribution in [2.75, 3.05) is 7.05 Å². The van der Waals surface area contributed by atoms with Crippen molar-refractivity contribution < 1.29 is 14.4 Å². The predicted molar refractivity (Wildman–Crippen MR) is 92.9 cm³/mol. The molecule has 0 radical (unpaired) electrons. The van der Waals surface area contributed by atoms with Gasteiger partial charge in [-0.25, -0.2) is 0 Å². The van der Waals surface area contributed by atoms with Crippen LogP contribution in [0, 0.1) is 29.6 Å². The summed E-state index contributed by atoms with van der Waals surface area (Å²) >= 11 is 0. The second-order valence-corrected chi connectivity index (χ2v) is 6.62. The number of imide groups is 1. The van der Waals surface area contributed by atoms with Crippen LogP contribution in [0.15, 0.2) is 42.0 Å². The van der Waals surface area contributed by atoms with E-state index in [2.05, 4.69) is 17.2 Å². The molecule has 1 aromatic rings. The first-order valence-corrected chi connectivity index (χ1v) is 8.27. The first-order chi connectivity index (χ1) is 11.9. The molecule has 0 unspecified atom stereocenters. The van der Waals surface area contributed by atoms with E-state index in [1.54, 1.807) is 0 Å². The van der Waals surface area contributed by atoms with Crippen molar-refractivity contribution in [1.82, 2.24) is 10.2 Å². The highest BCUT2D eigenvalue weighted by molar-refractivity contribution is 6.06. The largest absolute Gasteiger partial charge is 0.338 e. The number of likely N-dealkylation sites (tertiary alicyclic amines) is 1. The fourth-order valence-electron chi connectivity index (χ4n) is 3.70. The number of nitrogens with zero attached hydrogens (tertiary/aromatic N) is 1. The van der Waals surface area contributed by atoms with Gasteiger partial charge < -0.3 is 5.32 Å². The van der Waals surface area contributed by atoms with E-state index in [-0.39, 0.29) is 17.7 Å². The Labute approximate surface area is 147 Å². The predicted octanol–water partition coefficient (Wildman–Crippen LogP) is 1.35. The molecule has 0 spiro atoms. The van der Waals surface area contributed by atoms with Crippen LogP contribution in [0.5, 0.6) is 0 Å². The van der Waals surface area contributed by atoms with Crippen LogP contribution < -0.4 is 5.32 Å². The van der Waals surface area contributed by atoms with Crippen molar-refractivity contribution in [3.05, 3.63) is 47.5 Å². The molecule has 5 heteroatoms. The summed E-state index contributed by atoms with van der Waals surface area (Å²) in [5.41, 5.74) is 1.63. The Morgan fingerprint density at radius 1 is 1.12 bits per heavy atom. The van der Waals surface area contributed by atoms with Crippen LogP contribution >= 0.6 is 0 Å². The minimum absolute atomic E-state index is 0.0324. The average molecular weight is 336 g/mol. The van der Waals surface area contributed by atoms with Gasteiger partial charge in [-0.15, -0.1) is 0 Å². The molecular weight excluding hydrogens is 316 g/mol. The van der Waals surface area contributed by atoms with E-state index in [0.717, 1.165) is 11.1 Å². The summed E-state index contributed by atoms with van der Waals surface area (Å²) in [7, 11) is 1.50. The van der Waals surface area contributed by atoms with E-state index >= 15 is 0 Å². The first kappa shape index (κ1) is 17.0. The van der Waals surface area contributed by atoms with Crippen molar-refractivity contribution in [2.45, 2.75) is 19.9 Å². The zero-order valence-electron chi connectivity index (χ0n) is 14.4. The smallest absolute Gasteiger partial charge is 0.296 e. The lowest BCUT2D eigenvalue weighted by Crippen LogP contribution is -2.48. The number of rotatable bonds is 1. The number of fused-ring (bicyclic) bond motifs is 1. The Balaban J connectivity index is 1.82. The molecule has 1 aliphatic carbocycles. The summed E-state index contributed by atoms with van der Waals surface area (Å²) in [6, 6.07) is 8.71. The number of benzene rings is 1. The SMILES string of the molecule is CC1=C[C@H](C)[C@@H]2C(=O)N(C)C(=O)[C@@H]2[C@@H]1NC(=O)C#Cc1ccccc1. The van der Waals surface area contributed by atoms with Gasteiger partial charge in [-0.3, -0.25) is 19.3 Å². The van der Waals surface area contributed by atoms with Gasteiger partial charge in [-0.1, -0.05) is 42.7 Å². The van der Waals surface area contributed by atoms with Gasteiger partial charge in [0, 0.05) is 18.5 Å². The third kappa shape index (κ3) is 3.08. The standard InChI is InChI=1S/C20H20N2O3/c1-12-11-13(2)18(17-16(12)19(24)22(3)20(17)25)21-15(23)10-9-14-7-5-4-6-8-14/h4-8,11-12,16-18H,1-3H3,(H,21,23)/t12-,16-,17-,18+/m0/s1. The molecule has 1 aromatic carbocycles. The number of hydrogen-bond acceptors (Lipinski definition) is 3. The summed E-state index contributed by atoms with van der Waals surface area (Å²) in [6.07, 6.45) is 1.96. The van der Waals surface area contributed by atoms with Crippen LogP contribution in [-0.4, -0.2) is 35.7 Å². The van der Waals surface area contributed by atoms with Gasteiger partial charge >= 0.3 is 0 Å². The van der Waals surface area contributed by atoms with Crippen molar-refractivity contribution >= 4 is 17.7 Å². The third-order valence-electron chi connectivity index (χ3n) is 4.94. The second kappa shape index (κ2) is 6.56. The molecule has 25 heavy (non-hydrogen) atoms. The monoisotopic (exact) mass is 336 g/mol. The van der Waals surface area contributed by atoms with E-state index < -0.39 is 23.8 Å². The van der Waals surface area contributed by atoms with Crippen LogP contribution in [0.4, 0.5) is 0 Å². The number of hydrogen-bond donors (Lipinski definition) is 1. The van der Waals surface area contributed by atoms with Crippen molar-refractivity contribution in [1.29, 1.82) is 0 Å². The van der Waals surface area contributed by atoms with Gasteiger partial charge in [-0.05, 0) is 25.0 Å². The van der Waals surface area contributed by atoms with Crippen molar-refractivity contribution in [2.24, 2.45) is 17.8 Å². The Hall–Kier alpha value is -2.87. The van der Waals surface area contributed by atoms with Crippen LogP contribution in [0.1, 0.15) is 19.4 Å². The molecule has 1 N–H and O–H groups in total. The normalized spacial score (nSPS) is 28.0. The minimum atomic E-state index is -0.556. The molecule has 128 valence electrons. The van der Waals surface area contributed by atoms with E-state index in [0.29, 0.717) is 0 Å². The van der Waals surface area contributed by atoms with Crippen LogP contribution in [-0.2, 0) is 14.4 Å². The Bertz CT molecular complexity index is 816. The lowest BCUT2D eigenvalue weighted by Gasteiger charge is -2.33. The summed E-state index contributed by atoms with van der Waals surface area (Å²) in [5.74, 6) is 3.48. The molecule has 1 aliphatic heterocycles. The van der Waals surface area contributed by atoms with Crippen LogP contribution in [0.3, 0.4) is 0 Å². The lowest BCUT2D eigenvalue weighted by molar-refractivity contribution is -0.138. The third-order valence-corrected chi connectivity index (χ3v) is 4.94. The number of nitrogens with one attached hydrogen (secondary N) is 1. The summed E-state index contributed by atoms with van der Waals surface area (Å²) in [4.78, 5) is 38.3. The summed E-state index contributed by atoms with van der Waals surface area (Å²) < 4.78 is 0. The molecule has 3 amide bonds. The van der Waals surface area contributed by atoms with Crippen molar-refractivity contribution in [3.63, 3.8) is 0 Å². The highest BCUT2D eigenvalue weighted by Gasteiger charge is 2.53. The highest BCUT2D eigenvalue weighted by Crippen LogP contribution is 2.40. The van der Waals surface area contributed by atoms with E-state index in [9.17, 15) is 14.4 Å². The highest BCUT2D eigenvalue weighted by atomic mass is 16.2. The zero-order chi connectivity index (χ0) is 18.1. The molecule has 3 rings (SSSR count). The van der Waals surface area contributed by atoms with Crippen LogP contribution in [0.25, 0.3) is 0 Å². The number of amides is 3. The Morgan fingerprint density at radius 2 is 1.76 bits per heavy atom. The van der Waals surface area contributed by atoms with Gasteiger partial charge in [0.2, 0.25) is 11.8 Å². The van der Waals surface area contributed by atoms with Crippen molar-refractivity contribution in [3.8, 4) is 11.8 Å². The maximum Gasteiger partial charge on any atom is 0.296 e. The second-order valence-electron chi connectivity index (χ2n) is 6.62. The molecule has 0 bridgehead atoms. The number of carbonyl (C=O) groups is 3. The van der Waals surface area contributed by atoms with E-state index in [1.807, 2.05) is 50.3 Å². The van der Waals surface area contributed by atoms with Gasteiger partial charge in [0.15, 0.2) is 0 Å².